The van der Waals surface area contributed by atoms with Gasteiger partial charge in [-0.05, 0) is 24.3 Å². The predicted octanol–water partition coefficient (Wildman–Crippen LogP) is 3.95. The number of rotatable bonds is 6. The highest BCUT2D eigenvalue weighted by Gasteiger charge is 2.17. The van der Waals surface area contributed by atoms with Gasteiger partial charge in [0, 0.05) is 0 Å². The molecule has 0 atom stereocenters. The maximum Gasteiger partial charge on any atom is 0.492 e. The van der Waals surface area contributed by atoms with Crippen LogP contribution in [0.2, 0.25) is 0 Å². The Morgan fingerprint density at radius 3 is 1.56 bits per heavy atom. The highest BCUT2D eigenvalue weighted by molar-refractivity contribution is 7.42. The molecule has 0 saturated carbocycles. The monoisotopic (exact) mass is 264 g/mol. The van der Waals surface area contributed by atoms with Crippen molar-refractivity contribution in [1.29, 1.82) is 0 Å². The van der Waals surface area contributed by atoms with E-state index in [-0.39, 0.29) is 0 Å². The zero-order valence-corrected chi connectivity index (χ0v) is 10.7. The lowest BCUT2D eigenvalue weighted by atomic mass is 10.3. The van der Waals surface area contributed by atoms with Crippen LogP contribution in [0, 0.1) is 0 Å². The largest absolute Gasteiger partial charge is 0.492 e. The van der Waals surface area contributed by atoms with E-state index in [1.165, 1.54) is 7.11 Å². The molecule has 0 aliphatic carbocycles. The average molecular weight is 264 g/mol. The molecular weight excluding hydrogens is 251 g/mol. The van der Waals surface area contributed by atoms with Crippen LogP contribution in [0.4, 0.5) is 0 Å². The molecule has 0 spiro atoms. The van der Waals surface area contributed by atoms with Crippen molar-refractivity contribution in [3.63, 3.8) is 0 Å². The smallest absolute Gasteiger partial charge is 0.416 e. The van der Waals surface area contributed by atoms with Crippen molar-refractivity contribution < 1.29 is 18.6 Å². The van der Waals surface area contributed by atoms with E-state index in [1.807, 2.05) is 60.7 Å². The maximum absolute atomic E-state index is 5.55. The van der Waals surface area contributed by atoms with Gasteiger partial charge in [0.1, 0.15) is 11.5 Å². The Labute approximate surface area is 107 Å². The standard InChI is InChI=1S/C13H13O4P/c1-14-17-18(15-12-8-4-2-5-9-12)16-13-10-6-3-7-11-13/h2-11H,1H3. The van der Waals surface area contributed by atoms with Crippen LogP contribution >= 0.6 is 8.60 Å². The summed E-state index contributed by atoms with van der Waals surface area (Å²) in [6, 6.07) is 18.6. The minimum atomic E-state index is -1.64. The molecule has 0 unspecified atom stereocenters. The van der Waals surface area contributed by atoms with Gasteiger partial charge < -0.3 is 9.05 Å². The third-order valence-corrected chi connectivity index (χ3v) is 2.97. The van der Waals surface area contributed by atoms with Crippen molar-refractivity contribution in [3.05, 3.63) is 60.7 Å². The van der Waals surface area contributed by atoms with E-state index in [0.717, 1.165) is 0 Å². The summed E-state index contributed by atoms with van der Waals surface area (Å²) in [4.78, 5) is 4.63. The van der Waals surface area contributed by atoms with Gasteiger partial charge in [-0.3, -0.25) is 0 Å². The Bertz CT molecular complexity index is 408. The van der Waals surface area contributed by atoms with Crippen molar-refractivity contribution in [2.24, 2.45) is 0 Å². The van der Waals surface area contributed by atoms with E-state index in [1.54, 1.807) is 0 Å². The molecule has 94 valence electrons. The van der Waals surface area contributed by atoms with Gasteiger partial charge in [-0.25, -0.2) is 4.89 Å². The van der Waals surface area contributed by atoms with Crippen molar-refractivity contribution in [2.45, 2.75) is 0 Å². The van der Waals surface area contributed by atoms with Crippen LogP contribution in [-0.2, 0) is 9.56 Å². The van der Waals surface area contributed by atoms with Crippen molar-refractivity contribution in [1.82, 2.24) is 0 Å². The molecule has 0 aliphatic rings. The second kappa shape index (κ2) is 6.97. The van der Waals surface area contributed by atoms with E-state index in [0.29, 0.717) is 11.5 Å². The molecule has 0 aromatic heterocycles. The molecular formula is C13H13O4P. The minimum absolute atomic E-state index is 0.664. The number of benzene rings is 2. The third-order valence-electron chi connectivity index (χ3n) is 1.98. The first-order valence-electron chi connectivity index (χ1n) is 5.35. The van der Waals surface area contributed by atoms with Crippen LogP contribution in [0.15, 0.2) is 60.7 Å². The second-order valence-corrected chi connectivity index (χ2v) is 4.23. The summed E-state index contributed by atoms with van der Waals surface area (Å²) in [5.41, 5.74) is 0. The molecule has 0 aliphatic heterocycles. The zero-order chi connectivity index (χ0) is 12.6. The molecule has 5 heteroatoms. The molecule has 4 nitrogen and oxygen atoms in total. The third kappa shape index (κ3) is 4.00. The van der Waals surface area contributed by atoms with Crippen LogP contribution < -0.4 is 9.05 Å². The Kier molecular flexibility index (Phi) is 4.97. The lowest BCUT2D eigenvalue weighted by Crippen LogP contribution is -1.99. The van der Waals surface area contributed by atoms with Gasteiger partial charge in [-0.15, -0.1) is 4.67 Å². The van der Waals surface area contributed by atoms with Gasteiger partial charge >= 0.3 is 8.60 Å². The number of hydrogen-bond acceptors (Lipinski definition) is 4. The molecule has 2 aromatic rings. The van der Waals surface area contributed by atoms with Gasteiger partial charge in [0.2, 0.25) is 0 Å². The topological polar surface area (TPSA) is 36.9 Å². The highest BCUT2D eigenvalue weighted by Crippen LogP contribution is 2.41. The average Bonchev–Trinajstić information content (AvgIpc) is 2.41. The van der Waals surface area contributed by atoms with Crippen molar-refractivity contribution in [3.8, 4) is 11.5 Å². The first-order valence-corrected chi connectivity index (χ1v) is 6.45. The van der Waals surface area contributed by atoms with Gasteiger partial charge in [0.25, 0.3) is 0 Å². The Morgan fingerprint density at radius 1 is 0.722 bits per heavy atom. The maximum atomic E-state index is 5.55. The van der Waals surface area contributed by atoms with Crippen LogP contribution in [0.1, 0.15) is 0 Å². The fraction of sp³-hybridized carbons (Fsp3) is 0.0769. The molecule has 0 fully saturated rings. The van der Waals surface area contributed by atoms with Crippen LogP contribution in [0.3, 0.4) is 0 Å². The molecule has 0 heterocycles. The fourth-order valence-corrected chi connectivity index (χ4v) is 2.05. The van der Waals surface area contributed by atoms with Gasteiger partial charge in [0.15, 0.2) is 0 Å². The van der Waals surface area contributed by atoms with E-state index >= 15 is 0 Å². The molecule has 0 N–H and O–H groups in total. The summed E-state index contributed by atoms with van der Waals surface area (Å²) in [5.74, 6) is 1.33. The Hall–Kier alpha value is -1.61. The lowest BCUT2D eigenvalue weighted by molar-refractivity contribution is -0.183. The zero-order valence-electron chi connectivity index (χ0n) is 9.85. The van der Waals surface area contributed by atoms with Gasteiger partial charge in [0.05, 0.1) is 7.11 Å². The van der Waals surface area contributed by atoms with E-state index in [9.17, 15) is 0 Å². The molecule has 0 bridgehead atoms. The molecule has 0 saturated heterocycles. The lowest BCUT2D eigenvalue weighted by Gasteiger charge is -2.15. The van der Waals surface area contributed by atoms with E-state index in [4.69, 9.17) is 13.7 Å². The van der Waals surface area contributed by atoms with Crippen molar-refractivity contribution in [2.75, 3.05) is 7.11 Å². The summed E-state index contributed by atoms with van der Waals surface area (Å²) in [7, 11) is -0.221. The molecule has 0 radical (unpaired) electrons. The summed E-state index contributed by atoms with van der Waals surface area (Å²) in [5, 5.41) is 0. The molecule has 0 amide bonds. The Morgan fingerprint density at radius 2 is 1.17 bits per heavy atom. The van der Waals surface area contributed by atoms with Gasteiger partial charge in [-0.2, -0.15) is 0 Å². The molecule has 2 aromatic carbocycles. The highest BCUT2D eigenvalue weighted by atomic mass is 31.2. The summed E-state index contributed by atoms with van der Waals surface area (Å²) >= 11 is 0. The summed E-state index contributed by atoms with van der Waals surface area (Å²) < 4.78 is 16.1. The first kappa shape index (κ1) is 12.8. The Balaban J connectivity index is 2.00. The SMILES string of the molecule is COOP(Oc1ccccc1)Oc1ccccc1. The van der Waals surface area contributed by atoms with Crippen LogP contribution in [0.25, 0.3) is 0 Å². The summed E-state index contributed by atoms with van der Waals surface area (Å²) in [6.07, 6.45) is 0. The summed E-state index contributed by atoms with van der Waals surface area (Å²) in [6.45, 7) is 0. The number of para-hydroxylation sites is 2. The second-order valence-electron chi connectivity index (χ2n) is 3.27. The van der Waals surface area contributed by atoms with Crippen LogP contribution in [0.5, 0.6) is 11.5 Å². The molecule has 18 heavy (non-hydrogen) atoms. The number of hydrogen-bond donors (Lipinski definition) is 0. The van der Waals surface area contributed by atoms with Gasteiger partial charge in [-0.1, -0.05) is 36.4 Å². The normalized spacial score (nSPS) is 10.3. The van der Waals surface area contributed by atoms with Crippen molar-refractivity contribution >= 4 is 8.60 Å². The fourth-order valence-electron chi connectivity index (χ4n) is 1.24. The predicted molar refractivity (Wildman–Crippen MR) is 69.2 cm³/mol. The van der Waals surface area contributed by atoms with Crippen LogP contribution in [-0.4, -0.2) is 7.11 Å². The molecule has 2 rings (SSSR count). The first-order chi connectivity index (χ1) is 8.88. The minimum Gasteiger partial charge on any atom is -0.416 e. The van der Waals surface area contributed by atoms with E-state index < -0.39 is 8.60 Å². The quantitative estimate of drug-likeness (QED) is 0.449. The van der Waals surface area contributed by atoms with E-state index in [2.05, 4.69) is 4.89 Å².